The molecule has 21 heavy (non-hydrogen) atoms. The number of nitrogens with two attached hydrogens (primary N) is 1. The van der Waals surface area contributed by atoms with E-state index in [9.17, 15) is 4.79 Å². The summed E-state index contributed by atoms with van der Waals surface area (Å²) < 4.78 is 5.68. The molecule has 3 unspecified atom stereocenters. The van der Waals surface area contributed by atoms with Gasteiger partial charge in [0.05, 0.1) is 6.10 Å². The van der Waals surface area contributed by atoms with E-state index in [4.69, 9.17) is 10.5 Å². The van der Waals surface area contributed by atoms with Gasteiger partial charge in [-0.2, -0.15) is 0 Å². The monoisotopic (exact) mass is 297 g/mol. The summed E-state index contributed by atoms with van der Waals surface area (Å²) in [7, 11) is 0. The highest BCUT2D eigenvalue weighted by Gasteiger charge is 2.62. The molecule has 1 amide bonds. The summed E-state index contributed by atoms with van der Waals surface area (Å²) >= 11 is 0. The summed E-state index contributed by atoms with van der Waals surface area (Å²) in [4.78, 5) is 14.9. The molecular formula is C16H31N3O2. The Bertz CT molecular complexity index is 386. The van der Waals surface area contributed by atoms with E-state index in [0.717, 1.165) is 32.6 Å². The van der Waals surface area contributed by atoms with Crippen LogP contribution in [0.4, 0.5) is 0 Å². The maximum atomic E-state index is 12.5. The number of ether oxygens (including phenoxy) is 1. The minimum atomic E-state index is -0.796. The zero-order valence-electron chi connectivity index (χ0n) is 13.9. The molecule has 3 N–H and O–H groups in total. The van der Waals surface area contributed by atoms with Crippen LogP contribution in [0.1, 0.15) is 40.5 Å². The van der Waals surface area contributed by atoms with Crippen molar-refractivity contribution in [2.24, 2.45) is 17.1 Å². The average Bonchev–Trinajstić information content (AvgIpc) is 2.92. The lowest BCUT2D eigenvalue weighted by Crippen LogP contribution is -2.75. The maximum absolute atomic E-state index is 12.5. The van der Waals surface area contributed by atoms with E-state index in [0.29, 0.717) is 18.9 Å². The molecule has 0 spiro atoms. The summed E-state index contributed by atoms with van der Waals surface area (Å²) in [6, 6.07) is 0. The quantitative estimate of drug-likeness (QED) is 0.767. The highest BCUT2D eigenvalue weighted by Crippen LogP contribution is 2.49. The van der Waals surface area contributed by atoms with Gasteiger partial charge in [0, 0.05) is 31.5 Å². The summed E-state index contributed by atoms with van der Waals surface area (Å²) in [5.74, 6) is 0.543. The van der Waals surface area contributed by atoms with E-state index in [-0.39, 0.29) is 17.4 Å². The van der Waals surface area contributed by atoms with Gasteiger partial charge in [-0.3, -0.25) is 4.79 Å². The number of hydrogen-bond donors (Lipinski definition) is 2. The Morgan fingerprint density at radius 2 is 2.14 bits per heavy atom. The Kier molecular flexibility index (Phi) is 4.96. The van der Waals surface area contributed by atoms with E-state index < -0.39 is 5.54 Å². The third-order valence-electron chi connectivity index (χ3n) is 5.60. The lowest BCUT2D eigenvalue weighted by molar-refractivity contribution is -0.170. The van der Waals surface area contributed by atoms with Crippen LogP contribution in [-0.2, 0) is 9.53 Å². The van der Waals surface area contributed by atoms with Gasteiger partial charge in [-0.1, -0.05) is 20.8 Å². The molecule has 2 fully saturated rings. The number of likely N-dealkylation sites (tertiary alicyclic amines) is 1. The van der Waals surface area contributed by atoms with Crippen LogP contribution in [0.2, 0.25) is 0 Å². The summed E-state index contributed by atoms with van der Waals surface area (Å²) in [5, 5.41) is 3.08. The van der Waals surface area contributed by atoms with Gasteiger partial charge in [-0.15, -0.1) is 0 Å². The zero-order chi connectivity index (χ0) is 15.7. The number of nitrogens with one attached hydrogen (secondary N) is 1. The van der Waals surface area contributed by atoms with Gasteiger partial charge >= 0.3 is 0 Å². The van der Waals surface area contributed by atoms with Crippen molar-refractivity contribution < 1.29 is 9.53 Å². The first kappa shape index (κ1) is 16.7. The minimum absolute atomic E-state index is 0.0154. The first-order valence-corrected chi connectivity index (χ1v) is 8.26. The van der Waals surface area contributed by atoms with Crippen LogP contribution in [-0.4, -0.2) is 55.2 Å². The van der Waals surface area contributed by atoms with Crippen LogP contribution in [0.15, 0.2) is 0 Å². The topological polar surface area (TPSA) is 67.6 Å². The molecule has 1 saturated heterocycles. The second kappa shape index (κ2) is 6.23. The molecule has 1 saturated carbocycles. The molecule has 0 aromatic heterocycles. The van der Waals surface area contributed by atoms with Crippen LogP contribution in [0, 0.1) is 11.3 Å². The van der Waals surface area contributed by atoms with Crippen molar-refractivity contribution in [2.75, 3.05) is 32.8 Å². The number of hydrogen-bond acceptors (Lipinski definition) is 4. The number of amides is 1. The highest BCUT2D eigenvalue weighted by molar-refractivity contribution is 5.88. The standard InChI is InChI=1S/C16H31N3O2/c1-5-19-8-7-12(11-19)10-18-14(20)16(17)9-13(21-6-2)15(16,3)4/h12-13H,5-11,17H2,1-4H3,(H,18,20). The molecule has 0 radical (unpaired) electrons. The van der Waals surface area contributed by atoms with Crippen molar-refractivity contribution in [1.82, 2.24) is 10.2 Å². The van der Waals surface area contributed by atoms with Gasteiger partial charge in [0.1, 0.15) is 5.54 Å². The molecule has 0 aromatic carbocycles. The molecule has 2 rings (SSSR count). The molecule has 1 aliphatic heterocycles. The number of carbonyl (C=O) groups excluding carboxylic acids is 1. The first-order chi connectivity index (χ1) is 9.85. The molecule has 0 aromatic rings. The van der Waals surface area contributed by atoms with E-state index in [1.165, 1.54) is 0 Å². The second-order valence-corrected chi connectivity index (χ2v) is 7.10. The Labute approximate surface area is 128 Å². The van der Waals surface area contributed by atoms with Crippen molar-refractivity contribution >= 4 is 5.91 Å². The van der Waals surface area contributed by atoms with Crippen molar-refractivity contribution in [1.29, 1.82) is 0 Å². The van der Waals surface area contributed by atoms with Gasteiger partial charge in [0.15, 0.2) is 0 Å². The summed E-state index contributed by atoms with van der Waals surface area (Å²) in [6.45, 7) is 12.9. The van der Waals surface area contributed by atoms with Crippen LogP contribution >= 0.6 is 0 Å². The van der Waals surface area contributed by atoms with Crippen LogP contribution in [0.3, 0.4) is 0 Å². The molecule has 122 valence electrons. The van der Waals surface area contributed by atoms with Crippen LogP contribution < -0.4 is 11.1 Å². The van der Waals surface area contributed by atoms with Gasteiger partial charge in [-0.05, 0) is 32.4 Å². The molecule has 2 aliphatic rings. The second-order valence-electron chi connectivity index (χ2n) is 7.10. The summed E-state index contributed by atoms with van der Waals surface area (Å²) in [6.07, 6.45) is 1.86. The normalized spacial score (nSPS) is 35.5. The van der Waals surface area contributed by atoms with Crippen molar-refractivity contribution in [3.8, 4) is 0 Å². The molecule has 5 heteroatoms. The molecule has 5 nitrogen and oxygen atoms in total. The number of carbonyl (C=O) groups is 1. The third kappa shape index (κ3) is 2.96. The predicted octanol–water partition coefficient (Wildman–Crippen LogP) is 0.977. The maximum Gasteiger partial charge on any atom is 0.240 e. The van der Waals surface area contributed by atoms with Gasteiger partial charge in [0.2, 0.25) is 5.91 Å². The van der Waals surface area contributed by atoms with Gasteiger partial charge < -0.3 is 20.7 Å². The van der Waals surface area contributed by atoms with Crippen molar-refractivity contribution in [2.45, 2.75) is 52.2 Å². The van der Waals surface area contributed by atoms with E-state index in [2.05, 4.69) is 17.1 Å². The molecule has 1 heterocycles. The predicted molar refractivity (Wildman–Crippen MR) is 84.0 cm³/mol. The average molecular weight is 297 g/mol. The fourth-order valence-corrected chi connectivity index (χ4v) is 3.58. The van der Waals surface area contributed by atoms with E-state index >= 15 is 0 Å². The SMILES string of the molecule is CCOC1CC(N)(C(=O)NCC2CCN(CC)C2)C1(C)C. The zero-order valence-corrected chi connectivity index (χ0v) is 13.9. The fraction of sp³-hybridized carbons (Fsp3) is 0.938. The third-order valence-corrected chi connectivity index (χ3v) is 5.60. The molecule has 3 atom stereocenters. The van der Waals surface area contributed by atoms with Crippen molar-refractivity contribution in [3.63, 3.8) is 0 Å². The lowest BCUT2D eigenvalue weighted by atomic mass is 9.54. The number of nitrogens with zero attached hydrogens (tertiary/aromatic N) is 1. The first-order valence-electron chi connectivity index (χ1n) is 8.26. The Hall–Kier alpha value is -0.650. The van der Waals surface area contributed by atoms with Gasteiger partial charge in [-0.25, -0.2) is 0 Å². The minimum Gasteiger partial charge on any atom is -0.378 e. The molecule has 0 bridgehead atoms. The van der Waals surface area contributed by atoms with Gasteiger partial charge in [0.25, 0.3) is 0 Å². The summed E-state index contributed by atoms with van der Waals surface area (Å²) in [5.41, 5.74) is 5.28. The van der Waals surface area contributed by atoms with Crippen molar-refractivity contribution in [3.05, 3.63) is 0 Å². The van der Waals surface area contributed by atoms with Crippen LogP contribution in [0.25, 0.3) is 0 Å². The van der Waals surface area contributed by atoms with Crippen LogP contribution in [0.5, 0.6) is 0 Å². The highest BCUT2D eigenvalue weighted by atomic mass is 16.5. The fourth-order valence-electron chi connectivity index (χ4n) is 3.58. The Morgan fingerprint density at radius 3 is 2.67 bits per heavy atom. The lowest BCUT2D eigenvalue weighted by Gasteiger charge is -2.57. The van der Waals surface area contributed by atoms with E-state index in [1.54, 1.807) is 0 Å². The molecule has 1 aliphatic carbocycles. The smallest absolute Gasteiger partial charge is 0.240 e. The molecular weight excluding hydrogens is 266 g/mol. The number of rotatable bonds is 6. The Balaban J connectivity index is 1.84. The largest absolute Gasteiger partial charge is 0.378 e. The Morgan fingerprint density at radius 1 is 1.43 bits per heavy atom. The van der Waals surface area contributed by atoms with E-state index in [1.807, 2.05) is 20.8 Å².